The minimum atomic E-state index is 0.0898. The van der Waals surface area contributed by atoms with Gasteiger partial charge in [-0.3, -0.25) is 9.69 Å². The van der Waals surface area contributed by atoms with Crippen LogP contribution in [-0.2, 0) is 6.54 Å². The zero-order valence-electron chi connectivity index (χ0n) is 13.2. The minimum absolute atomic E-state index is 0.0898. The quantitative estimate of drug-likeness (QED) is 0.936. The monoisotopic (exact) mass is 326 g/mol. The summed E-state index contributed by atoms with van der Waals surface area (Å²) in [7, 11) is 0. The Morgan fingerprint density at radius 1 is 1.13 bits per heavy atom. The van der Waals surface area contributed by atoms with Gasteiger partial charge in [0.25, 0.3) is 5.91 Å². The molecule has 0 saturated carbocycles. The molecular weight excluding hydrogens is 304 g/mol. The summed E-state index contributed by atoms with van der Waals surface area (Å²) >= 11 is 1.85. The van der Waals surface area contributed by atoms with Crippen molar-refractivity contribution in [1.82, 2.24) is 10.2 Å². The molecule has 1 N–H and O–H groups in total. The molecule has 1 saturated heterocycles. The van der Waals surface area contributed by atoms with Crippen molar-refractivity contribution < 1.29 is 4.79 Å². The van der Waals surface area contributed by atoms with Crippen LogP contribution in [0.25, 0.3) is 0 Å². The van der Waals surface area contributed by atoms with E-state index < -0.39 is 0 Å². The molecule has 0 aliphatic carbocycles. The molecule has 1 aromatic carbocycles. The van der Waals surface area contributed by atoms with Gasteiger partial charge in [-0.15, -0.1) is 11.3 Å². The van der Waals surface area contributed by atoms with Crippen LogP contribution in [0.3, 0.4) is 0 Å². The maximum Gasteiger partial charge on any atom is 0.251 e. The third-order valence-corrected chi connectivity index (χ3v) is 6.11. The maximum atomic E-state index is 12.0. The van der Waals surface area contributed by atoms with Gasteiger partial charge in [-0.1, -0.05) is 24.3 Å². The number of hydrogen-bond acceptors (Lipinski definition) is 3. The van der Waals surface area contributed by atoms with Crippen molar-refractivity contribution in [3.05, 3.63) is 57.8 Å². The second-order valence-corrected chi connectivity index (χ2v) is 7.63. The van der Waals surface area contributed by atoms with Crippen LogP contribution in [0.2, 0.25) is 0 Å². The van der Waals surface area contributed by atoms with Crippen LogP contribution in [0, 0.1) is 5.92 Å². The summed E-state index contributed by atoms with van der Waals surface area (Å²) in [5.41, 5.74) is 2.14. The van der Waals surface area contributed by atoms with Gasteiger partial charge >= 0.3 is 0 Å². The van der Waals surface area contributed by atoms with Crippen LogP contribution in [0.4, 0.5) is 0 Å². The van der Waals surface area contributed by atoms with E-state index in [0.717, 1.165) is 31.7 Å². The topological polar surface area (TPSA) is 32.3 Å². The number of carbonyl (C=O) groups is 1. The van der Waals surface area contributed by atoms with Gasteiger partial charge < -0.3 is 5.32 Å². The van der Waals surface area contributed by atoms with Crippen LogP contribution in [0.15, 0.2) is 41.8 Å². The molecule has 4 heteroatoms. The molecule has 1 aromatic heterocycles. The Balaban J connectivity index is 1.43. The predicted octanol–water partition coefficient (Wildman–Crippen LogP) is 3.49. The molecule has 0 spiro atoms. The molecule has 2 aliphatic heterocycles. The van der Waals surface area contributed by atoms with E-state index >= 15 is 0 Å². The third-order valence-electron chi connectivity index (χ3n) is 5.25. The summed E-state index contributed by atoms with van der Waals surface area (Å²) < 4.78 is 0. The Morgan fingerprint density at radius 2 is 1.96 bits per heavy atom. The predicted molar refractivity (Wildman–Crippen MR) is 93.8 cm³/mol. The van der Waals surface area contributed by atoms with Crippen LogP contribution in [0.1, 0.15) is 39.6 Å². The van der Waals surface area contributed by atoms with Crippen LogP contribution in [0.5, 0.6) is 0 Å². The first kappa shape index (κ1) is 14.9. The molecular formula is C19H22N2OS. The zero-order chi connectivity index (χ0) is 15.6. The molecule has 120 valence electrons. The number of fused-ring (bicyclic) bond motifs is 1. The molecule has 1 fully saturated rings. The van der Waals surface area contributed by atoms with Crippen molar-refractivity contribution >= 4 is 17.2 Å². The Labute approximate surface area is 141 Å². The van der Waals surface area contributed by atoms with Gasteiger partial charge in [0, 0.05) is 29.4 Å². The summed E-state index contributed by atoms with van der Waals surface area (Å²) in [5, 5.41) is 5.24. The second kappa shape index (κ2) is 6.46. The number of hydrogen-bond donors (Lipinski definition) is 1. The number of benzene rings is 1. The molecule has 0 radical (unpaired) electrons. The Morgan fingerprint density at radius 3 is 2.74 bits per heavy atom. The van der Waals surface area contributed by atoms with E-state index in [0.29, 0.717) is 11.8 Å². The smallest absolute Gasteiger partial charge is 0.251 e. The summed E-state index contributed by atoms with van der Waals surface area (Å²) in [5.74, 6) is 1.25. The first-order valence-corrected chi connectivity index (χ1v) is 9.31. The number of amides is 1. The molecule has 23 heavy (non-hydrogen) atoms. The van der Waals surface area contributed by atoms with Crippen molar-refractivity contribution in [1.29, 1.82) is 0 Å². The van der Waals surface area contributed by atoms with E-state index in [2.05, 4.69) is 39.9 Å². The van der Waals surface area contributed by atoms with Crippen molar-refractivity contribution in [2.24, 2.45) is 5.92 Å². The summed E-state index contributed by atoms with van der Waals surface area (Å²) in [6.45, 7) is 4.21. The first-order valence-electron chi connectivity index (χ1n) is 8.43. The van der Waals surface area contributed by atoms with E-state index in [-0.39, 0.29) is 5.91 Å². The molecule has 1 atom stereocenters. The van der Waals surface area contributed by atoms with Gasteiger partial charge in [-0.05, 0) is 54.9 Å². The lowest BCUT2D eigenvalue weighted by molar-refractivity contribution is 0.0922. The normalized spacial score (nSPS) is 22.6. The van der Waals surface area contributed by atoms with Crippen LogP contribution in [-0.4, -0.2) is 30.4 Å². The molecule has 2 aliphatic rings. The fraction of sp³-hybridized carbons (Fsp3) is 0.421. The number of nitrogens with one attached hydrogen (secondary N) is 1. The fourth-order valence-corrected chi connectivity index (χ4v) is 4.74. The lowest BCUT2D eigenvalue weighted by Crippen LogP contribution is -2.41. The molecule has 0 unspecified atom stereocenters. The fourth-order valence-electron chi connectivity index (χ4n) is 3.99. The van der Waals surface area contributed by atoms with Gasteiger partial charge in [0.2, 0.25) is 0 Å². The van der Waals surface area contributed by atoms with E-state index in [9.17, 15) is 4.79 Å². The molecule has 3 nitrogen and oxygen atoms in total. The molecule has 4 rings (SSSR count). The Kier molecular flexibility index (Phi) is 4.19. The summed E-state index contributed by atoms with van der Waals surface area (Å²) in [6.07, 6.45) is 2.44. The Hall–Kier alpha value is -1.65. The Bertz CT molecular complexity index is 674. The number of thiophene rings is 1. The molecule has 1 amide bonds. The summed E-state index contributed by atoms with van der Waals surface area (Å²) in [4.78, 5) is 16.0. The van der Waals surface area contributed by atoms with Gasteiger partial charge in [0.05, 0.1) is 0 Å². The average molecular weight is 326 g/mol. The van der Waals surface area contributed by atoms with Gasteiger partial charge in [0.15, 0.2) is 0 Å². The van der Waals surface area contributed by atoms with E-state index in [1.54, 1.807) is 0 Å². The van der Waals surface area contributed by atoms with E-state index in [4.69, 9.17) is 0 Å². The zero-order valence-corrected chi connectivity index (χ0v) is 14.0. The highest BCUT2D eigenvalue weighted by atomic mass is 32.1. The van der Waals surface area contributed by atoms with Gasteiger partial charge in [-0.25, -0.2) is 0 Å². The van der Waals surface area contributed by atoms with Gasteiger partial charge in [-0.2, -0.15) is 0 Å². The summed E-state index contributed by atoms with van der Waals surface area (Å²) in [6, 6.07) is 12.5. The third kappa shape index (κ3) is 3.06. The molecule has 2 aromatic rings. The maximum absolute atomic E-state index is 12.0. The standard InChI is InChI=1S/C19H22N2OS/c22-19-17-6-2-1-5-16(17)18(12-20-19)14-7-9-21(10-8-14)13-15-4-3-11-23-15/h1-6,11,14,18H,7-10,12-13H2,(H,20,22)/t18-/m1/s1. The largest absolute Gasteiger partial charge is 0.351 e. The number of piperidine rings is 1. The van der Waals surface area contributed by atoms with Crippen molar-refractivity contribution in [3.8, 4) is 0 Å². The minimum Gasteiger partial charge on any atom is -0.351 e. The van der Waals surface area contributed by atoms with Gasteiger partial charge in [0.1, 0.15) is 0 Å². The average Bonchev–Trinajstić information content (AvgIpc) is 3.10. The van der Waals surface area contributed by atoms with Crippen molar-refractivity contribution in [2.75, 3.05) is 19.6 Å². The lowest BCUT2D eigenvalue weighted by Gasteiger charge is -2.38. The number of rotatable bonds is 3. The van der Waals surface area contributed by atoms with Crippen LogP contribution >= 0.6 is 11.3 Å². The highest BCUT2D eigenvalue weighted by molar-refractivity contribution is 7.09. The molecule has 3 heterocycles. The first-order chi connectivity index (χ1) is 11.3. The van der Waals surface area contributed by atoms with Crippen LogP contribution < -0.4 is 5.32 Å². The highest BCUT2D eigenvalue weighted by Gasteiger charge is 2.32. The van der Waals surface area contributed by atoms with Crippen molar-refractivity contribution in [3.63, 3.8) is 0 Å². The number of carbonyl (C=O) groups excluding carboxylic acids is 1. The number of nitrogens with zero attached hydrogens (tertiary/aromatic N) is 1. The second-order valence-electron chi connectivity index (χ2n) is 6.60. The van der Waals surface area contributed by atoms with E-state index in [1.807, 2.05) is 23.5 Å². The lowest BCUT2D eigenvalue weighted by atomic mass is 9.77. The van der Waals surface area contributed by atoms with E-state index in [1.165, 1.54) is 23.3 Å². The van der Waals surface area contributed by atoms with Crippen molar-refractivity contribution in [2.45, 2.75) is 25.3 Å². The molecule has 0 bridgehead atoms. The highest BCUT2D eigenvalue weighted by Crippen LogP contribution is 2.36. The number of likely N-dealkylation sites (tertiary alicyclic amines) is 1. The SMILES string of the molecule is O=C1NC[C@H](C2CCN(Cc3cccs3)CC2)c2ccccc21.